The topological polar surface area (TPSA) is 95.9 Å². The van der Waals surface area contributed by atoms with Gasteiger partial charge >= 0.3 is 6.03 Å². The number of aromatic nitrogens is 4. The van der Waals surface area contributed by atoms with E-state index in [-0.39, 0.29) is 17.6 Å². The van der Waals surface area contributed by atoms with Gasteiger partial charge in [-0.3, -0.25) is 4.79 Å². The second-order valence-electron chi connectivity index (χ2n) is 7.96. The van der Waals surface area contributed by atoms with E-state index < -0.39 is 0 Å². The number of hydrogen-bond acceptors (Lipinski definition) is 4. The third kappa shape index (κ3) is 3.08. The van der Waals surface area contributed by atoms with Crippen molar-refractivity contribution in [2.24, 2.45) is 0 Å². The molecule has 0 radical (unpaired) electrons. The average molecular weight is 392 g/mol. The zero-order valence-electron chi connectivity index (χ0n) is 16.4. The Kier molecular flexibility index (Phi) is 4.34. The first-order chi connectivity index (χ1) is 14.1. The fraction of sp³-hybridized carbons (Fsp3) is 0.429. The van der Waals surface area contributed by atoms with Gasteiger partial charge in [0.15, 0.2) is 5.82 Å². The van der Waals surface area contributed by atoms with Gasteiger partial charge in [-0.15, -0.1) is 10.2 Å². The molecule has 1 fully saturated rings. The van der Waals surface area contributed by atoms with Crippen molar-refractivity contribution in [3.63, 3.8) is 0 Å². The highest BCUT2D eigenvalue weighted by atomic mass is 16.2. The zero-order valence-corrected chi connectivity index (χ0v) is 16.4. The van der Waals surface area contributed by atoms with Crippen molar-refractivity contribution < 1.29 is 4.79 Å². The molecule has 0 unspecified atom stereocenters. The summed E-state index contributed by atoms with van der Waals surface area (Å²) >= 11 is 0. The van der Waals surface area contributed by atoms with Crippen LogP contribution in [0.5, 0.6) is 0 Å². The van der Waals surface area contributed by atoms with E-state index in [2.05, 4.69) is 25.1 Å². The number of fused-ring (bicyclic) bond motifs is 2. The quantitative estimate of drug-likeness (QED) is 0.699. The first-order valence-corrected chi connectivity index (χ1v) is 10.2. The number of H-pyrrole nitrogens is 1. The fourth-order valence-electron chi connectivity index (χ4n) is 4.63. The molecular formula is C21H24N6O2. The molecular weight excluding hydrogens is 368 g/mol. The van der Waals surface area contributed by atoms with Gasteiger partial charge in [-0.25, -0.2) is 4.79 Å². The van der Waals surface area contributed by atoms with Gasteiger partial charge in [0.1, 0.15) is 5.82 Å². The third-order valence-electron chi connectivity index (χ3n) is 6.22. The number of anilines is 1. The van der Waals surface area contributed by atoms with E-state index in [9.17, 15) is 9.59 Å². The van der Waals surface area contributed by atoms with Crippen LogP contribution in [-0.4, -0.2) is 37.2 Å². The van der Waals surface area contributed by atoms with E-state index in [4.69, 9.17) is 0 Å². The molecule has 3 heterocycles. The van der Waals surface area contributed by atoms with Crippen molar-refractivity contribution in [2.75, 3.05) is 11.9 Å². The van der Waals surface area contributed by atoms with Gasteiger partial charge in [0, 0.05) is 36.3 Å². The number of aromatic amines is 1. The highest BCUT2D eigenvalue weighted by Gasteiger charge is 2.33. The standard InChI is InChI=1S/C21H24N6O2/c1-13-18-24-25-19(15-4-2-3-5-15)27(18)11-10-26(13)21(29)23-16-7-6-14-8-9-22-20(28)17(14)12-16/h6-9,12-13,15H,2-5,10-11H2,1H3,(H,22,28)(H,23,29)/t13-/m0/s1. The molecule has 29 heavy (non-hydrogen) atoms. The molecule has 2 N–H and O–H groups in total. The van der Waals surface area contributed by atoms with Crippen molar-refractivity contribution in [1.29, 1.82) is 0 Å². The lowest BCUT2D eigenvalue weighted by Gasteiger charge is -2.34. The number of pyridine rings is 1. The molecule has 0 spiro atoms. The van der Waals surface area contributed by atoms with E-state index in [0.717, 1.165) is 17.0 Å². The lowest BCUT2D eigenvalue weighted by atomic mass is 10.1. The van der Waals surface area contributed by atoms with Crippen molar-refractivity contribution in [3.05, 3.63) is 52.5 Å². The Labute approximate surface area is 167 Å². The second kappa shape index (κ2) is 7.02. The van der Waals surface area contributed by atoms with Crippen LogP contribution in [0, 0.1) is 0 Å². The van der Waals surface area contributed by atoms with Crippen LogP contribution in [0.4, 0.5) is 10.5 Å². The summed E-state index contributed by atoms with van der Waals surface area (Å²) in [6.07, 6.45) is 6.49. The monoisotopic (exact) mass is 392 g/mol. The summed E-state index contributed by atoms with van der Waals surface area (Å²) in [6, 6.07) is 6.85. The number of urea groups is 1. The predicted molar refractivity (Wildman–Crippen MR) is 110 cm³/mol. The molecule has 1 aliphatic heterocycles. The lowest BCUT2D eigenvalue weighted by molar-refractivity contribution is 0.171. The lowest BCUT2D eigenvalue weighted by Crippen LogP contribution is -2.43. The summed E-state index contributed by atoms with van der Waals surface area (Å²) in [7, 11) is 0. The van der Waals surface area contributed by atoms with E-state index in [1.165, 1.54) is 25.7 Å². The molecule has 8 nitrogen and oxygen atoms in total. The number of nitrogens with one attached hydrogen (secondary N) is 2. The number of hydrogen-bond donors (Lipinski definition) is 2. The number of carbonyl (C=O) groups is 1. The van der Waals surface area contributed by atoms with E-state index >= 15 is 0 Å². The summed E-state index contributed by atoms with van der Waals surface area (Å²) in [5.74, 6) is 2.43. The second-order valence-corrected chi connectivity index (χ2v) is 7.96. The minimum Gasteiger partial charge on any atom is -0.329 e. The molecule has 1 aliphatic carbocycles. The summed E-state index contributed by atoms with van der Waals surface area (Å²) < 4.78 is 2.21. The molecule has 0 saturated heterocycles. The summed E-state index contributed by atoms with van der Waals surface area (Å²) in [5, 5.41) is 13.2. The Bertz CT molecular complexity index is 1130. The summed E-state index contributed by atoms with van der Waals surface area (Å²) in [6.45, 7) is 3.30. The number of amides is 2. The van der Waals surface area contributed by atoms with Gasteiger partial charge in [-0.2, -0.15) is 0 Å². The van der Waals surface area contributed by atoms with Crippen LogP contribution in [0.15, 0.2) is 35.3 Å². The Hall–Kier alpha value is -3.16. The smallest absolute Gasteiger partial charge is 0.322 e. The molecule has 3 aromatic rings. The molecule has 150 valence electrons. The Balaban J connectivity index is 1.36. The molecule has 1 atom stereocenters. The maximum atomic E-state index is 12.9. The molecule has 5 rings (SSSR count). The first-order valence-electron chi connectivity index (χ1n) is 10.2. The van der Waals surface area contributed by atoms with Gasteiger partial charge in [0.05, 0.1) is 6.04 Å². The molecule has 1 aromatic carbocycles. The predicted octanol–water partition coefficient (Wildman–Crippen LogP) is 3.39. The normalized spacial score (nSPS) is 19.5. The van der Waals surface area contributed by atoms with Gasteiger partial charge in [-0.05, 0) is 43.4 Å². The third-order valence-corrected chi connectivity index (χ3v) is 6.22. The average Bonchev–Trinajstić information content (AvgIpc) is 3.38. The van der Waals surface area contributed by atoms with Crippen LogP contribution in [0.2, 0.25) is 0 Å². The number of nitrogens with zero attached hydrogens (tertiary/aromatic N) is 4. The molecule has 2 amide bonds. The molecule has 2 aromatic heterocycles. The van der Waals surface area contributed by atoms with Crippen molar-refractivity contribution in [1.82, 2.24) is 24.6 Å². The summed E-state index contributed by atoms with van der Waals surface area (Å²) in [5.41, 5.74) is 0.433. The first kappa shape index (κ1) is 17.9. The van der Waals surface area contributed by atoms with Crippen LogP contribution in [-0.2, 0) is 6.54 Å². The minimum absolute atomic E-state index is 0.157. The Morgan fingerprint density at radius 3 is 2.76 bits per heavy atom. The molecule has 0 bridgehead atoms. The van der Waals surface area contributed by atoms with Crippen LogP contribution >= 0.6 is 0 Å². The molecule has 8 heteroatoms. The van der Waals surface area contributed by atoms with Crippen molar-refractivity contribution in [3.8, 4) is 0 Å². The van der Waals surface area contributed by atoms with Gasteiger partial charge in [0.25, 0.3) is 5.56 Å². The fourth-order valence-corrected chi connectivity index (χ4v) is 4.63. The van der Waals surface area contributed by atoms with E-state index in [1.54, 1.807) is 17.2 Å². The van der Waals surface area contributed by atoms with Crippen LogP contribution < -0.4 is 10.9 Å². The SMILES string of the molecule is C[C@H]1c2nnc(C3CCCC3)n2CCN1C(=O)Nc1ccc2cc[nH]c(=O)c2c1. The Morgan fingerprint density at radius 1 is 1.14 bits per heavy atom. The van der Waals surface area contributed by atoms with Crippen LogP contribution in [0.1, 0.15) is 56.2 Å². The van der Waals surface area contributed by atoms with E-state index in [0.29, 0.717) is 30.1 Å². The van der Waals surface area contributed by atoms with Crippen LogP contribution in [0.3, 0.4) is 0 Å². The highest BCUT2D eigenvalue weighted by Crippen LogP contribution is 2.35. The molecule has 1 saturated carbocycles. The number of benzene rings is 1. The van der Waals surface area contributed by atoms with Gasteiger partial charge in [0.2, 0.25) is 0 Å². The zero-order chi connectivity index (χ0) is 20.0. The van der Waals surface area contributed by atoms with E-state index in [1.807, 2.05) is 25.1 Å². The number of rotatable bonds is 2. The Morgan fingerprint density at radius 2 is 1.93 bits per heavy atom. The maximum absolute atomic E-state index is 12.9. The van der Waals surface area contributed by atoms with Gasteiger partial charge < -0.3 is 19.8 Å². The van der Waals surface area contributed by atoms with Gasteiger partial charge in [-0.1, -0.05) is 18.9 Å². The number of carbonyl (C=O) groups excluding carboxylic acids is 1. The maximum Gasteiger partial charge on any atom is 0.322 e. The largest absolute Gasteiger partial charge is 0.329 e. The summed E-state index contributed by atoms with van der Waals surface area (Å²) in [4.78, 5) is 29.4. The van der Waals surface area contributed by atoms with Crippen molar-refractivity contribution in [2.45, 2.75) is 51.1 Å². The van der Waals surface area contributed by atoms with Crippen LogP contribution in [0.25, 0.3) is 10.8 Å². The highest BCUT2D eigenvalue weighted by molar-refractivity contribution is 5.93. The minimum atomic E-state index is -0.194. The molecule has 2 aliphatic rings. The van der Waals surface area contributed by atoms with Crippen molar-refractivity contribution >= 4 is 22.5 Å².